The van der Waals surface area contributed by atoms with E-state index in [1.165, 1.54) is 42.5 Å². The molecule has 0 saturated carbocycles. The largest absolute Gasteiger partial charge is 0.378 e. The molecular formula is C18H17N5O6S. The molecule has 2 aromatic carbocycles. The highest BCUT2D eigenvalue weighted by Gasteiger charge is 2.22. The lowest BCUT2D eigenvalue weighted by Gasteiger charge is -2.30. The number of carbonyl (C=O) groups is 1. The number of benzene rings is 2. The Morgan fingerprint density at radius 2 is 1.60 bits per heavy atom. The number of thiocarbonyl (C=S) groups is 1. The highest BCUT2D eigenvalue weighted by Crippen LogP contribution is 2.26. The van der Waals surface area contributed by atoms with Gasteiger partial charge in [-0.15, -0.1) is 0 Å². The number of hydrogen-bond donors (Lipinski definition) is 2. The van der Waals surface area contributed by atoms with Crippen LogP contribution in [0.2, 0.25) is 0 Å². The molecule has 1 amide bonds. The topological polar surface area (TPSA) is 140 Å². The van der Waals surface area contributed by atoms with Crippen LogP contribution in [0.15, 0.2) is 42.5 Å². The van der Waals surface area contributed by atoms with E-state index in [1.807, 2.05) is 4.90 Å². The van der Waals surface area contributed by atoms with Crippen molar-refractivity contribution in [3.8, 4) is 0 Å². The van der Waals surface area contributed by atoms with E-state index in [-0.39, 0.29) is 22.1 Å². The molecule has 12 heteroatoms. The van der Waals surface area contributed by atoms with E-state index in [1.54, 1.807) is 0 Å². The molecule has 1 fully saturated rings. The summed E-state index contributed by atoms with van der Waals surface area (Å²) in [4.78, 5) is 35.5. The molecule has 2 N–H and O–H groups in total. The fourth-order valence-electron chi connectivity index (χ4n) is 2.90. The summed E-state index contributed by atoms with van der Waals surface area (Å²) < 4.78 is 5.31. The number of nitrogens with one attached hydrogen (secondary N) is 2. The first-order chi connectivity index (χ1) is 14.3. The lowest BCUT2D eigenvalue weighted by molar-refractivity contribution is -0.385. The van der Waals surface area contributed by atoms with E-state index in [9.17, 15) is 25.0 Å². The molecular weight excluding hydrogens is 414 g/mol. The van der Waals surface area contributed by atoms with Crippen LogP contribution in [-0.2, 0) is 4.74 Å². The van der Waals surface area contributed by atoms with Crippen LogP contribution in [0.3, 0.4) is 0 Å². The minimum absolute atomic E-state index is 0.0479. The second-order valence-electron chi connectivity index (χ2n) is 6.27. The first-order valence-corrected chi connectivity index (χ1v) is 9.24. The standard InChI is InChI=1S/C18H17N5O6S/c24-17(20-18(30)19-12-1-3-13(4-2-12)22(25)26)15-11-14(23(27)28)5-6-16(15)21-7-9-29-10-8-21/h1-6,11H,7-10H2,(H2,19,20,24,30). The monoisotopic (exact) mass is 431 g/mol. The summed E-state index contributed by atoms with van der Waals surface area (Å²) in [6.07, 6.45) is 0. The van der Waals surface area contributed by atoms with E-state index >= 15 is 0 Å². The van der Waals surface area contributed by atoms with Crippen LogP contribution in [-0.4, -0.2) is 47.2 Å². The van der Waals surface area contributed by atoms with E-state index in [4.69, 9.17) is 17.0 Å². The molecule has 1 aliphatic heterocycles. The zero-order valence-electron chi connectivity index (χ0n) is 15.6. The normalized spacial score (nSPS) is 13.4. The van der Waals surface area contributed by atoms with Gasteiger partial charge in [-0.2, -0.15) is 0 Å². The Balaban J connectivity index is 1.77. The summed E-state index contributed by atoms with van der Waals surface area (Å²) in [5.41, 5.74) is 0.797. The lowest BCUT2D eigenvalue weighted by Crippen LogP contribution is -2.39. The molecule has 0 atom stereocenters. The summed E-state index contributed by atoms with van der Waals surface area (Å²) in [5, 5.41) is 27.1. The first-order valence-electron chi connectivity index (χ1n) is 8.83. The average Bonchev–Trinajstić information content (AvgIpc) is 2.74. The third kappa shape index (κ3) is 5.04. The van der Waals surface area contributed by atoms with Crippen molar-refractivity contribution in [3.05, 3.63) is 68.3 Å². The molecule has 0 bridgehead atoms. The second kappa shape index (κ2) is 9.24. The second-order valence-corrected chi connectivity index (χ2v) is 6.68. The van der Waals surface area contributed by atoms with Gasteiger partial charge in [0.25, 0.3) is 17.3 Å². The number of nitro groups is 2. The number of amides is 1. The van der Waals surface area contributed by atoms with E-state index < -0.39 is 15.8 Å². The fraction of sp³-hybridized carbons (Fsp3) is 0.222. The third-order valence-electron chi connectivity index (χ3n) is 4.35. The lowest BCUT2D eigenvalue weighted by atomic mass is 10.1. The molecule has 30 heavy (non-hydrogen) atoms. The summed E-state index contributed by atoms with van der Waals surface area (Å²) in [6.45, 7) is 2.06. The average molecular weight is 431 g/mol. The number of hydrogen-bond acceptors (Lipinski definition) is 8. The number of anilines is 2. The highest BCUT2D eigenvalue weighted by atomic mass is 32.1. The predicted molar refractivity (Wildman–Crippen MR) is 113 cm³/mol. The van der Waals surface area contributed by atoms with Crippen molar-refractivity contribution < 1.29 is 19.4 Å². The summed E-state index contributed by atoms with van der Waals surface area (Å²) in [6, 6.07) is 9.56. The van der Waals surface area contributed by atoms with Gasteiger partial charge < -0.3 is 15.0 Å². The number of nitrogens with zero attached hydrogens (tertiary/aromatic N) is 3. The molecule has 0 radical (unpaired) electrons. The van der Waals surface area contributed by atoms with Crippen LogP contribution in [0, 0.1) is 20.2 Å². The van der Waals surface area contributed by atoms with Crippen LogP contribution in [0.5, 0.6) is 0 Å². The Kier molecular flexibility index (Phi) is 6.49. The number of non-ortho nitro benzene ring substituents is 2. The van der Waals surface area contributed by atoms with Crippen molar-refractivity contribution in [2.45, 2.75) is 0 Å². The van der Waals surface area contributed by atoms with Gasteiger partial charge in [-0.1, -0.05) is 0 Å². The minimum Gasteiger partial charge on any atom is -0.378 e. The van der Waals surface area contributed by atoms with Crippen LogP contribution >= 0.6 is 12.2 Å². The van der Waals surface area contributed by atoms with Crippen molar-refractivity contribution in [2.24, 2.45) is 0 Å². The predicted octanol–water partition coefficient (Wildman–Crippen LogP) is 2.47. The summed E-state index contributed by atoms with van der Waals surface area (Å²) in [5.74, 6) is -0.611. The van der Waals surface area contributed by atoms with Gasteiger partial charge in [-0.05, 0) is 30.4 Å². The quantitative estimate of drug-likeness (QED) is 0.415. The smallest absolute Gasteiger partial charge is 0.270 e. The van der Waals surface area contributed by atoms with E-state index in [2.05, 4.69) is 10.6 Å². The Labute approximate surface area is 175 Å². The minimum atomic E-state index is -0.611. The van der Waals surface area contributed by atoms with Gasteiger partial charge in [0.1, 0.15) is 0 Å². The number of morpholine rings is 1. The number of rotatable bonds is 5. The Bertz CT molecular complexity index is 991. The van der Waals surface area contributed by atoms with E-state index in [0.29, 0.717) is 37.7 Å². The van der Waals surface area contributed by atoms with Gasteiger partial charge in [0, 0.05) is 43.0 Å². The number of ether oxygens (including phenoxy) is 1. The summed E-state index contributed by atoms with van der Waals surface area (Å²) in [7, 11) is 0. The third-order valence-corrected chi connectivity index (χ3v) is 4.55. The molecule has 1 heterocycles. The molecule has 156 valence electrons. The van der Waals surface area contributed by atoms with Crippen LogP contribution in [0.4, 0.5) is 22.7 Å². The highest BCUT2D eigenvalue weighted by molar-refractivity contribution is 7.80. The molecule has 0 spiro atoms. The maximum Gasteiger partial charge on any atom is 0.270 e. The zero-order chi connectivity index (χ0) is 21.7. The van der Waals surface area contributed by atoms with Crippen LogP contribution < -0.4 is 15.5 Å². The number of nitro benzene ring substituents is 2. The van der Waals surface area contributed by atoms with Crippen molar-refractivity contribution >= 4 is 46.0 Å². The first kappa shape index (κ1) is 21.1. The maximum atomic E-state index is 12.8. The number of carbonyl (C=O) groups excluding carboxylic acids is 1. The van der Waals surface area contributed by atoms with E-state index in [0.717, 1.165) is 0 Å². The van der Waals surface area contributed by atoms with Gasteiger partial charge in [0.05, 0.1) is 34.3 Å². The molecule has 1 saturated heterocycles. The summed E-state index contributed by atoms with van der Waals surface area (Å²) >= 11 is 5.14. The molecule has 0 unspecified atom stereocenters. The molecule has 0 aliphatic carbocycles. The van der Waals surface area contributed by atoms with Gasteiger partial charge >= 0.3 is 0 Å². The fourth-order valence-corrected chi connectivity index (χ4v) is 3.11. The van der Waals surface area contributed by atoms with Gasteiger partial charge in [-0.25, -0.2) is 0 Å². The Morgan fingerprint density at radius 1 is 1.00 bits per heavy atom. The van der Waals surface area contributed by atoms with Crippen molar-refractivity contribution in [1.82, 2.24) is 5.32 Å². The molecule has 3 rings (SSSR count). The van der Waals surface area contributed by atoms with Crippen LogP contribution in [0.25, 0.3) is 0 Å². The maximum absolute atomic E-state index is 12.8. The van der Waals surface area contributed by atoms with Crippen molar-refractivity contribution in [2.75, 3.05) is 36.5 Å². The molecule has 2 aromatic rings. The van der Waals surface area contributed by atoms with Gasteiger partial charge in [0.2, 0.25) is 0 Å². The van der Waals surface area contributed by atoms with Gasteiger partial charge in [0.15, 0.2) is 5.11 Å². The van der Waals surface area contributed by atoms with Crippen molar-refractivity contribution in [3.63, 3.8) is 0 Å². The van der Waals surface area contributed by atoms with Gasteiger partial charge in [-0.3, -0.25) is 30.3 Å². The molecule has 11 nitrogen and oxygen atoms in total. The Morgan fingerprint density at radius 3 is 2.20 bits per heavy atom. The van der Waals surface area contributed by atoms with Crippen LogP contribution in [0.1, 0.15) is 10.4 Å². The zero-order valence-corrected chi connectivity index (χ0v) is 16.4. The Hall–Kier alpha value is -3.64. The SMILES string of the molecule is O=C(NC(=S)Nc1ccc([N+](=O)[O-])cc1)c1cc([N+](=O)[O-])ccc1N1CCOCC1. The van der Waals surface area contributed by atoms with Crippen molar-refractivity contribution in [1.29, 1.82) is 0 Å². The molecule has 1 aliphatic rings. The molecule has 0 aromatic heterocycles.